The van der Waals surface area contributed by atoms with Crippen LogP contribution in [0.5, 0.6) is 0 Å². The van der Waals surface area contributed by atoms with Gasteiger partial charge < -0.3 is 9.64 Å². The highest BCUT2D eigenvalue weighted by Gasteiger charge is 2.38. The number of hydrogen-bond donors (Lipinski definition) is 0. The number of amides is 2. The first-order valence-electron chi connectivity index (χ1n) is 6.84. The molecule has 2 amide bonds. The van der Waals surface area contributed by atoms with E-state index in [0.717, 1.165) is 5.56 Å². The normalized spacial score (nSPS) is 21.2. The molecule has 0 bridgehead atoms. The maximum Gasteiger partial charge on any atom is 0.410 e. The maximum absolute atomic E-state index is 12.3. The number of carbonyl (C=O) groups is 3. The van der Waals surface area contributed by atoms with Gasteiger partial charge in [0.15, 0.2) is 5.78 Å². The third-order valence-electron chi connectivity index (χ3n) is 3.83. The van der Waals surface area contributed by atoms with Crippen LogP contribution < -0.4 is 0 Å². The number of nitrogens with zero attached hydrogens (tertiary/aromatic N) is 2. The van der Waals surface area contributed by atoms with Crippen LogP contribution in [0.1, 0.15) is 22.2 Å². The number of Topliss-reactive ketones (excluding diaryl/α,β-unsaturated/α-hetero) is 1. The van der Waals surface area contributed by atoms with Crippen molar-refractivity contribution in [3.05, 3.63) is 21.9 Å². The summed E-state index contributed by atoms with van der Waals surface area (Å²) in [5.41, 5.74) is 0.872. The lowest BCUT2D eigenvalue weighted by molar-refractivity contribution is -0.132. The lowest BCUT2D eigenvalue weighted by Gasteiger charge is -2.35. The van der Waals surface area contributed by atoms with E-state index in [1.807, 2.05) is 5.38 Å². The van der Waals surface area contributed by atoms with Gasteiger partial charge in [-0.2, -0.15) is 0 Å². The molecular weight excluding hydrogens is 292 g/mol. The molecule has 2 saturated heterocycles. The van der Waals surface area contributed by atoms with Crippen molar-refractivity contribution < 1.29 is 19.1 Å². The van der Waals surface area contributed by atoms with Crippen molar-refractivity contribution in [3.63, 3.8) is 0 Å². The van der Waals surface area contributed by atoms with Gasteiger partial charge in [-0.3, -0.25) is 14.5 Å². The zero-order valence-corrected chi connectivity index (χ0v) is 12.5. The molecule has 2 fully saturated rings. The van der Waals surface area contributed by atoms with Crippen LogP contribution in [-0.4, -0.2) is 59.9 Å². The maximum atomic E-state index is 12.3. The number of hydrogen-bond acceptors (Lipinski definition) is 5. The minimum absolute atomic E-state index is 0.0222. The standard InChI is InChI=1S/C14H16N2O4S/c1-9(17)12-4-10(8-21-12)5-13(18)15-2-3-16-11(6-15)7-20-14(16)19/h4,8,11H,2-3,5-7H2,1H3. The van der Waals surface area contributed by atoms with Gasteiger partial charge in [-0.25, -0.2) is 4.79 Å². The highest BCUT2D eigenvalue weighted by Crippen LogP contribution is 2.20. The summed E-state index contributed by atoms with van der Waals surface area (Å²) < 4.78 is 4.99. The topological polar surface area (TPSA) is 66.9 Å². The highest BCUT2D eigenvalue weighted by atomic mass is 32.1. The fourth-order valence-corrected chi connectivity index (χ4v) is 3.47. The molecule has 2 aliphatic rings. The molecule has 1 aromatic heterocycles. The van der Waals surface area contributed by atoms with Crippen molar-refractivity contribution in [3.8, 4) is 0 Å². The van der Waals surface area contributed by atoms with E-state index in [1.54, 1.807) is 15.9 Å². The molecule has 0 N–H and O–H groups in total. The Bertz CT molecular complexity index is 598. The number of fused-ring (bicyclic) bond motifs is 1. The van der Waals surface area contributed by atoms with Crippen molar-refractivity contribution >= 4 is 29.1 Å². The Labute approximate surface area is 126 Å². The molecule has 0 radical (unpaired) electrons. The minimum atomic E-state index is -0.281. The van der Waals surface area contributed by atoms with Crippen molar-refractivity contribution in [1.82, 2.24) is 9.80 Å². The van der Waals surface area contributed by atoms with Crippen LogP contribution in [0, 0.1) is 0 Å². The fourth-order valence-electron chi connectivity index (χ4n) is 2.65. The van der Waals surface area contributed by atoms with E-state index in [4.69, 9.17) is 4.74 Å². The second-order valence-corrected chi connectivity index (χ2v) is 6.23. The highest BCUT2D eigenvalue weighted by molar-refractivity contribution is 7.12. The minimum Gasteiger partial charge on any atom is -0.447 e. The van der Waals surface area contributed by atoms with Gasteiger partial charge in [-0.1, -0.05) is 0 Å². The Balaban J connectivity index is 1.60. The smallest absolute Gasteiger partial charge is 0.410 e. The van der Waals surface area contributed by atoms with Gasteiger partial charge in [0.05, 0.1) is 17.3 Å². The predicted octanol–water partition coefficient (Wildman–Crippen LogP) is 1.16. The van der Waals surface area contributed by atoms with Gasteiger partial charge in [-0.15, -0.1) is 11.3 Å². The number of rotatable bonds is 3. The molecule has 6 nitrogen and oxygen atoms in total. The number of cyclic esters (lactones) is 1. The number of piperazine rings is 1. The van der Waals surface area contributed by atoms with Gasteiger partial charge in [0.1, 0.15) is 6.61 Å². The number of thiophene rings is 1. The van der Waals surface area contributed by atoms with Gasteiger partial charge in [0.2, 0.25) is 5.91 Å². The first kappa shape index (κ1) is 14.1. The molecule has 0 saturated carbocycles. The monoisotopic (exact) mass is 308 g/mol. The van der Waals surface area contributed by atoms with Crippen LogP contribution in [0.2, 0.25) is 0 Å². The van der Waals surface area contributed by atoms with Crippen LogP contribution in [0.3, 0.4) is 0 Å². The summed E-state index contributed by atoms with van der Waals surface area (Å²) in [6.45, 7) is 3.46. The van der Waals surface area contributed by atoms with Gasteiger partial charge in [0.25, 0.3) is 0 Å². The Hall–Kier alpha value is -1.89. The van der Waals surface area contributed by atoms with Crippen LogP contribution in [0.25, 0.3) is 0 Å². The average molecular weight is 308 g/mol. The van der Waals surface area contributed by atoms with Crippen LogP contribution >= 0.6 is 11.3 Å². The van der Waals surface area contributed by atoms with E-state index in [-0.39, 0.29) is 23.8 Å². The van der Waals surface area contributed by atoms with Gasteiger partial charge in [-0.05, 0) is 23.9 Å². The quantitative estimate of drug-likeness (QED) is 0.786. The fraction of sp³-hybridized carbons (Fsp3) is 0.500. The van der Waals surface area contributed by atoms with E-state index in [1.165, 1.54) is 18.3 Å². The Morgan fingerprint density at radius 1 is 1.43 bits per heavy atom. The van der Waals surface area contributed by atoms with Crippen LogP contribution in [-0.2, 0) is 16.0 Å². The first-order valence-corrected chi connectivity index (χ1v) is 7.72. The second kappa shape index (κ2) is 5.48. The molecule has 7 heteroatoms. The molecule has 0 spiro atoms. The Kier molecular flexibility index (Phi) is 3.67. The molecular formula is C14H16N2O4S. The summed E-state index contributed by atoms with van der Waals surface area (Å²) in [5.74, 6) is 0.0517. The number of ketones is 1. The number of carbonyl (C=O) groups excluding carboxylic acids is 3. The van der Waals surface area contributed by atoms with Crippen LogP contribution in [0.15, 0.2) is 11.4 Å². The van der Waals surface area contributed by atoms with Crippen molar-refractivity contribution in [2.24, 2.45) is 0 Å². The van der Waals surface area contributed by atoms with Crippen LogP contribution in [0.4, 0.5) is 4.79 Å². The summed E-state index contributed by atoms with van der Waals surface area (Å²) in [7, 11) is 0. The number of ether oxygens (including phenoxy) is 1. The molecule has 112 valence electrons. The van der Waals surface area contributed by atoms with E-state index < -0.39 is 0 Å². The molecule has 1 unspecified atom stereocenters. The molecule has 1 aromatic rings. The summed E-state index contributed by atoms with van der Waals surface area (Å²) >= 11 is 1.37. The summed E-state index contributed by atoms with van der Waals surface area (Å²) in [4.78, 5) is 39.1. The van der Waals surface area contributed by atoms with E-state index in [9.17, 15) is 14.4 Å². The summed E-state index contributed by atoms with van der Waals surface area (Å²) in [6.07, 6.45) is 0.0155. The molecule has 21 heavy (non-hydrogen) atoms. The van der Waals surface area contributed by atoms with Crippen molar-refractivity contribution in [1.29, 1.82) is 0 Å². The summed E-state index contributed by atoms with van der Waals surface area (Å²) in [5, 5.41) is 1.85. The van der Waals surface area contributed by atoms with E-state index in [2.05, 4.69) is 0 Å². The molecule has 2 aliphatic heterocycles. The third kappa shape index (κ3) is 2.78. The van der Waals surface area contributed by atoms with E-state index >= 15 is 0 Å². The molecule has 0 aliphatic carbocycles. The average Bonchev–Trinajstić information content (AvgIpc) is 3.06. The lowest BCUT2D eigenvalue weighted by atomic mass is 10.1. The van der Waals surface area contributed by atoms with E-state index in [0.29, 0.717) is 37.5 Å². The predicted molar refractivity (Wildman–Crippen MR) is 76.4 cm³/mol. The van der Waals surface area contributed by atoms with Crippen molar-refractivity contribution in [2.45, 2.75) is 19.4 Å². The lowest BCUT2D eigenvalue weighted by Crippen LogP contribution is -2.54. The Morgan fingerprint density at radius 2 is 2.24 bits per heavy atom. The molecule has 3 rings (SSSR count). The van der Waals surface area contributed by atoms with Crippen molar-refractivity contribution in [2.75, 3.05) is 26.2 Å². The zero-order chi connectivity index (χ0) is 15.0. The largest absolute Gasteiger partial charge is 0.447 e. The Morgan fingerprint density at radius 3 is 2.95 bits per heavy atom. The van der Waals surface area contributed by atoms with Gasteiger partial charge in [0, 0.05) is 19.6 Å². The molecule has 1 atom stereocenters. The molecule has 0 aromatic carbocycles. The zero-order valence-electron chi connectivity index (χ0n) is 11.7. The third-order valence-corrected chi connectivity index (χ3v) is 4.91. The first-order chi connectivity index (χ1) is 10.0. The summed E-state index contributed by atoms with van der Waals surface area (Å²) in [6, 6.07) is 1.76. The second-order valence-electron chi connectivity index (χ2n) is 5.32. The van der Waals surface area contributed by atoms with Gasteiger partial charge >= 0.3 is 6.09 Å². The molecule has 3 heterocycles. The SMILES string of the molecule is CC(=O)c1cc(CC(=O)N2CCN3C(=O)OCC3C2)cs1.